The molecular weight excluding hydrogens is 731 g/mol. The lowest BCUT2D eigenvalue weighted by molar-refractivity contribution is -0.0417. The molecule has 1 heterocycles. The monoisotopic (exact) mass is 771 g/mol. The van der Waals surface area contributed by atoms with Crippen molar-refractivity contribution < 1.29 is 0 Å². The van der Waals surface area contributed by atoms with Crippen molar-refractivity contribution in [2.75, 3.05) is 0 Å². The van der Waals surface area contributed by atoms with E-state index in [1.807, 2.05) is 42.5 Å². The third-order valence-electron chi connectivity index (χ3n) is 13.8. The first-order chi connectivity index (χ1) is 29.5. The van der Waals surface area contributed by atoms with E-state index >= 15 is 0 Å². The summed E-state index contributed by atoms with van der Waals surface area (Å²) in [4.78, 5) is 15.3. The molecule has 12 rings (SSSR count). The van der Waals surface area contributed by atoms with Gasteiger partial charge in [-0.3, -0.25) is 0 Å². The Hall–Kier alpha value is -7.21. The highest BCUT2D eigenvalue weighted by molar-refractivity contribution is 5.86. The van der Waals surface area contributed by atoms with Crippen LogP contribution in [0.1, 0.15) is 54.4 Å². The van der Waals surface area contributed by atoms with Crippen molar-refractivity contribution in [3.8, 4) is 68.6 Å². The molecule has 5 heteroatoms. The fraction of sp³-hybridized carbons (Fsp3) is 0.182. The lowest BCUT2D eigenvalue weighted by Crippen LogP contribution is -2.56. The topological polar surface area (TPSA) is 86.2 Å². The van der Waals surface area contributed by atoms with E-state index in [1.165, 1.54) is 48.6 Å². The lowest BCUT2D eigenvalue weighted by atomic mass is 9.42. The number of fused-ring (bicyclic) bond motifs is 1. The van der Waals surface area contributed by atoms with Crippen LogP contribution in [-0.4, -0.2) is 15.0 Å². The van der Waals surface area contributed by atoms with Crippen LogP contribution in [0.4, 0.5) is 0 Å². The number of benzene rings is 7. The van der Waals surface area contributed by atoms with Gasteiger partial charge < -0.3 is 0 Å². The minimum Gasteiger partial charge on any atom is -0.208 e. The Morgan fingerprint density at radius 1 is 0.383 bits per heavy atom. The molecule has 0 atom stereocenters. The molecule has 7 aromatic carbocycles. The maximum Gasteiger partial charge on any atom is 0.164 e. The van der Waals surface area contributed by atoms with Gasteiger partial charge >= 0.3 is 0 Å². The zero-order chi connectivity index (χ0) is 40.2. The average molecular weight is 772 g/mol. The van der Waals surface area contributed by atoms with E-state index in [-0.39, 0.29) is 5.41 Å². The fourth-order valence-corrected chi connectivity index (χ4v) is 11.3. The van der Waals surface area contributed by atoms with E-state index in [1.54, 1.807) is 0 Å². The Bertz CT molecular complexity index is 2890. The van der Waals surface area contributed by atoms with Crippen LogP contribution in [-0.2, 0) is 5.41 Å². The van der Waals surface area contributed by atoms with Gasteiger partial charge in [-0.05, 0) is 136 Å². The van der Waals surface area contributed by atoms with Crippen LogP contribution in [0.5, 0.6) is 0 Å². The summed E-state index contributed by atoms with van der Waals surface area (Å²) in [6, 6.07) is 61.9. The summed E-state index contributed by atoms with van der Waals surface area (Å²) in [5.41, 5.74) is 11.2. The quantitative estimate of drug-likeness (QED) is 0.161. The first-order valence-corrected chi connectivity index (χ1v) is 21.1. The van der Waals surface area contributed by atoms with E-state index < -0.39 is 0 Å². The standard InChI is InChI=1S/C55H41N5/c56-33-35-10-14-40(15-11-35)46-30-47(41-16-12-36(34-57)13-17-41)32-51(31-46)55(49-25-37-24-38(27-49)28-50(55)26-37)48-22-20-43(21-23-48)53-58-52(42-7-2-1-3-8-42)59-54(60-53)45-19-18-39-6-4-5-9-44(39)29-45/h1-23,29-32,37-38,49-50H,24-28H2. The molecule has 0 saturated heterocycles. The summed E-state index contributed by atoms with van der Waals surface area (Å²) < 4.78 is 0. The third kappa shape index (κ3) is 6.18. The molecule has 4 fully saturated rings. The number of aromatic nitrogens is 3. The van der Waals surface area contributed by atoms with Crippen molar-refractivity contribution in [1.29, 1.82) is 10.5 Å². The molecule has 0 radical (unpaired) electrons. The molecule has 0 aliphatic heterocycles. The minimum absolute atomic E-state index is 0.180. The minimum atomic E-state index is -0.180. The lowest BCUT2D eigenvalue weighted by Gasteiger charge is -2.62. The predicted molar refractivity (Wildman–Crippen MR) is 238 cm³/mol. The average Bonchev–Trinajstić information content (AvgIpc) is 3.31. The highest BCUT2D eigenvalue weighted by Crippen LogP contribution is 2.65. The molecule has 4 bridgehead atoms. The molecule has 5 nitrogen and oxygen atoms in total. The van der Waals surface area contributed by atoms with E-state index in [2.05, 4.69) is 133 Å². The second-order valence-corrected chi connectivity index (χ2v) is 17.2. The zero-order valence-corrected chi connectivity index (χ0v) is 33.2. The summed E-state index contributed by atoms with van der Waals surface area (Å²) in [5.74, 6) is 4.58. The molecule has 60 heavy (non-hydrogen) atoms. The Kier molecular flexibility index (Phi) is 8.72. The molecule has 4 aliphatic rings. The van der Waals surface area contributed by atoms with Gasteiger partial charge in [-0.15, -0.1) is 0 Å². The number of nitrogens with zero attached hydrogens (tertiary/aromatic N) is 5. The molecule has 0 N–H and O–H groups in total. The van der Waals surface area contributed by atoms with E-state index in [0.29, 0.717) is 40.4 Å². The van der Waals surface area contributed by atoms with Gasteiger partial charge in [-0.1, -0.05) is 127 Å². The zero-order valence-electron chi connectivity index (χ0n) is 33.2. The smallest absolute Gasteiger partial charge is 0.164 e. The van der Waals surface area contributed by atoms with Gasteiger partial charge in [-0.2, -0.15) is 10.5 Å². The van der Waals surface area contributed by atoms with Gasteiger partial charge in [0.1, 0.15) is 0 Å². The predicted octanol–water partition coefficient (Wildman–Crippen LogP) is 12.8. The summed E-state index contributed by atoms with van der Waals surface area (Å²) in [7, 11) is 0. The van der Waals surface area contributed by atoms with Gasteiger partial charge in [0.05, 0.1) is 23.3 Å². The van der Waals surface area contributed by atoms with Gasteiger partial charge in [0.15, 0.2) is 17.5 Å². The second-order valence-electron chi connectivity index (χ2n) is 17.2. The van der Waals surface area contributed by atoms with Crippen molar-refractivity contribution in [3.05, 3.63) is 186 Å². The number of hydrogen-bond acceptors (Lipinski definition) is 5. The molecular formula is C55H41N5. The van der Waals surface area contributed by atoms with Crippen molar-refractivity contribution in [3.63, 3.8) is 0 Å². The van der Waals surface area contributed by atoms with Crippen LogP contribution in [0.25, 0.3) is 67.2 Å². The van der Waals surface area contributed by atoms with Crippen LogP contribution in [0.3, 0.4) is 0 Å². The van der Waals surface area contributed by atoms with Gasteiger partial charge in [0.25, 0.3) is 0 Å². The van der Waals surface area contributed by atoms with Crippen LogP contribution < -0.4 is 0 Å². The first kappa shape index (κ1) is 35.9. The Morgan fingerprint density at radius 2 is 0.850 bits per heavy atom. The maximum atomic E-state index is 9.60. The van der Waals surface area contributed by atoms with Crippen molar-refractivity contribution in [2.45, 2.75) is 37.5 Å². The molecule has 1 aromatic heterocycles. The van der Waals surface area contributed by atoms with Gasteiger partial charge in [-0.25, -0.2) is 15.0 Å². The fourth-order valence-electron chi connectivity index (χ4n) is 11.3. The second kappa shape index (κ2) is 14.6. The summed E-state index contributed by atoms with van der Waals surface area (Å²) >= 11 is 0. The molecule has 286 valence electrons. The highest BCUT2D eigenvalue weighted by Gasteiger charge is 2.58. The largest absolute Gasteiger partial charge is 0.208 e. The molecule has 8 aromatic rings. The number of nitriles is 2. The molecule has 0 unspecified atom stereocenters. The SMILES string of the molecule is N#Cc1ccc(-c2cc(-c3ccc(C#N)cc3)cc(C3(c4ccc(-c5nc(-c6ccccc6)nc(-c6ccc7ccccc7c6)n5)cc4)C4CC5CC(C4)CC3C5)c2)cc1. The Balaban J connectivity index is 1.07. The van der Waals surface area contributed by atoms with Crippen molar-refractivity contribution in [1.82, 2.24) is 15.0 Å². The highest BCUT2D eigenvalue weighted by atomic mass is 15.0. The van der Waals surface area contributed by atoms with Crippen molar-refractivity contribution >= 4 is 10.8 Å². The van der Waals surface area contributed by atoms with E-state index in [9.17, 15) is 10.5 Å². The summed E-state index contributed by atoms with van der Waals surface area (Å²) in [5, 5.41) is 21.5. The normalized spacial score (nSPS) is 21.4. The maximum absolute atomic E-state index is 9.60. The number of hydrogen-bond donors (Lipinski definition) is 0. The summed E-state index contributed by atoms with van der Waals surface area (Å²) in [6.07, 6.45) is 6.33. The van der Waals surface area contributed by atoms with E-state index in [0.717, 1.165) is 56.2 Å². The third-order valence-corrected chi connectivity index (χ3v) is 13.8. The Morgan fingerprint density at radius 3 is 1.40 bits per heavy atom. The Labute approximate surface area is 350 Å². The van der Waals surface area contributed by atoms with Gasteiger partial charge in [0.2, 0.25) is 0 Å². The van der Waals surface area contributed by atoms with Crippen LogP contribution in [0.2, 0.25) is 0 Å². The first-order valence-electron chi connectivity index (χ1n) is 21.1. The van der Waals surface area contributed by atoms with E-state index in [4.69, 9.17) is 15.0 Å². The van der Waals surface area contributed by atoms with Crippen LogP contribution in [0, 0.1) is 46.3 Å². The van der Waals surface area contributed by atoms with Crippen LogP contribution in [0.15, 0.2) is 164 Å². The summed E-state index contributed by atoms with van der Waals surface area (Å²) in [6.45, 7) is 0. The number of rotatable bonds is 7. The molecule has 4 saturated carbocycles. The molecule has 0 amide bonds. The van der Waals surface area contributed by atoms with Crippen LogP contribution >= 0.6 is 0 Å². The van der Waals surface area contributed by atoms with Gasteiger partial charge in [0, 0.05) is 22.1 Å². The van der Waals surface area contributed by atoms with Crippen molar-refractivity contribution in [2.24, 2.45) is 23.7 Å². The molecule has 4 aliphatic carbocycles. The molecule has 0 spiro atoms.